The van der Waals surface area contributed by atoms with Crippen molar-refractivity contribution in [1.82, 2.24) is 0 Å². The largest absolute Gasteiger partial charge is 0.496 e. The molecule has 0 spiro atoms. The molecule has 0 aliphatic carbocycles. The summed E-state index contributed by atoms with van der Waals surface area (Å²) >= 11 is 1.61. The summed E-state index contributed by atoms with van der Waals surface area (Å²) in [6.07, 6.45) is 1.96. The lowest BCUT2D eigenvalue weighted by Crippen LogP contribution is -2.02. The van der Waals surface area contributed by atoms with E-state index in [2.05, 4.69) is 0 Å². The van der Waals surface area contributed by atoms with Crippen LogP contribution in [0.3, 0.4) is 0 Å². The van der Waals surface area contributed by atoms with E-state index in [-0.39, 0.29) is 5.97 Å². The van der Waals surface area contributed by atoms with Gasteiger partial charge in [-0.3, -0.25) is 4.79 Å². The van der Waals surface area contributed by atoms with Crippen molar-refractivity contribution in [3.05, 3.63) is 46.9 Å². The molecule has 0 aliphatic heterocycles. The van der Waals surface area contributed by atoms with E-state index >= 15 is 0 Å². The summed E-state index contributed by atoms with van der Waals surface area (Å²) in [6, 6.07) is 9.11. The van der Waals surface area contributed by atoms with Crippen molar-refractivity contribution in [2.45, 2.75) is 12.7 Å². The van der Waals surface area contributed by atoms with E-state index in [1.165, 1.54) is 14.0 Å². The van der Waals surface area contributed by atoms with Crippen molar-refractivity contribution in [3.63, 3.8) is 0 Å². The molecule has 0 unspecified atom stereocenters. The number of thioether (sulfide) groups is 1. The van der Waals surface area contributed by atoms with Crippen LogP contribution < -0.4 is 23.7 Å². The molecule has 7 heteroatoms. The topological polar surface area (TPSA) is 63.2 Å². The molecule has 6 nitrogen and oxygen atoms in total. The van der Waals surface area contributed by atoms with Gasteiger partial charge in [-0.15, -0.1) is 11.8 Å². The molecule has 0 fully saturated rings. The van der Waals surface area contributed by atoms with E-state index in [0.717, 1.165) is 16.9 Å². The first-order valence-electron chi connectivity index (χ1n) is 8.45. The van der Waals surface area contributed by atoms with Crippen molar-refractivity contribution in [2.75, 3.05) is 28.4 Å². The first-order valence-corrected chi connectivity index (χ1v) is 9.50. The van der Waals surface area contributed by atoms with Crippen LogP contribution in [-0.2, 0) is 10.5 Å². The van der Waals surface area contributed by atoms with Crippen LogP contribution in [0.4, 0.5) is 0 Å². The minimum Gasteiger partial charge on any atom is -0.496 e. The van der Waals surface area contributed by atoms with Gasteiger partial charge in [-0.05, 0) is 35.2 Å². The minimum absolute atomic E-state index is 0.388. The monoisotopic (exact) mass is 404 g/mol. The van der Waals surface area contributed by atoms with Gasteiger partial charge in [0.15, 0.2) is 23.0 Å². The molecule has 0 heterocycles. The van der Waals surface area contributed by atoms with Gasteiger partial charge in [0.05, 0.1) is 28.4 Å². The Bertz CT molecular complexity index is 847. The quantitative estimate of drug-likeness (QED) is 0.449. The van der Waals surface area contributed by atoms with Crippen molar-refractivity contribution in [2.24, 2.45) is 0 Å². The summed E-state index contributed by atoms with van der Waals surface area (Å²) in [5.41, 5.74) is 1.93. The molecule has 0 radical (unpaired) electrons. The van der Waals surface area contributed by atoms with Crippen LogP contribution in [0.5, 0.6) is 28.7 Å². The second-order valence-corrected chi connectivity index (χ2v) is 6.53. The average molecular weight is 404 g/mol. The van der Waals surface area contributed by atoms with Crippen molar-refractivity contribution in [3.8, 4) is 28.7 Å². The van der Waals surface area contributed by atoms with Crippen LogP contribution in [0.1, 0.15) is 18.1 Å². The Balaban J connectivity index is 2.08. The molecule has 0 N–H and O–H groups in total. The van der Waals surface area contributed by atoms with Gasteiger partial charge in [-0.2, -0.15) is 0 Å². The zero-order valence-electron chi connectivity index (χ0n) is 16.6. The van der Waals surface area contributed by atoms with Crippen LogP contribution in [-0.4, -0.2) is 34.4 Å². The molecule has 0 saturated carbocycles. The van der Waals surface area contributed by atoms with E-state index in [0.29, 0.717) is 28.8 Å². The highest BCUT2D eigenvalue weighted by Gasteiger charge is 2.11. The summed E-state index contributed by atoms with van der Waals surface area (Å²) in [6.45, 7) is 1.35. The lowest BCUT2D eigenvalue weighted by atomic mass is 10.2. The maximum Gasteiger partial charge on any atom is 0.308 e. The molecule has 2 rings (SSSR count). The Morgan fingerprint density at radius 2 is 1.46 bits per heavy atom. The van der Waals surface area contributed by atoms with Gasteiger partial charge < -0.3 is 23.7 Å². The maximum absolute atomic E-state index is 11.1. The van der Waals surface area contributed by atoms with Crippen LogP contribution in [0.15, 0.2) is 35.7 Å². The molecule has 150 valence electrons. The number of rotatable bonds is 9. The van der Waals surface area contributed by atoms with Crippen LogP contribution in [0.2, 0.25) is 0 Å². The third kappa shape index (κ3) is 5.60. The van der Waals surface area contributed by atoms with Gasteiger partial charge in [0, 0.05) is 24.3 Å². The standard InChI is InChI=1S/C21H24O6S/c1-14(22)27-17-7-6-15(10-19(17)24-3)8-9-28-13-16-11-20(25-4)21(26-5)12-18(16)23-2/h6-12H,13H2,1-5H3. The number of carbonyl (C=O) groups is 1. The molecule has 0 aromatic heterocycles. The van der Waals surface area contributed by atoms with Gasteiger partial charge in [-0.1, -0.05) is 6.07 Å². The highest BCUT2D eigenvalue weighted by Crippen LogP contribution is 2.36. The summed E-state index contributed by atoms with van der Waals surface area (Å²) in [5.74, 6) is 3.24. The molecule has 28 heavy (non-hydrogen) atoms. The Hall–Kier alpha value is -2.80. The molecular weight excluding hydrogens is 380 g/mol. The number of benzene rings is 2. The van der Waals surface area contributed by atoms with E-state index in [9.17, 15) is 4.79 Å². The molecule has 2 aromatic carbocycles. The fraction of sp³-hybridized carbons (Fsp3) is 0.286. The fourth-order valence-corrected chi connectivity index (χ4v) is 3.25. The summed E-state index contributed by atoms with van der Waals surface area (Å²) in [7, 11) is 6.36. The predicted octanol–water partition coefficient (Wildman–Crippen LogP) is 4.55. The average Bonchev–Trinajstić information content (AvgIpc) is 2.70. The minimum atomic E-state index is -0.388. The third-order valence-corrected chi connectivity index (χ3v) is 4.63. The van der Waals surface area contributed by atoms with Crippen LogP contribution >= 0.6 is 11.8 Å². The van der Waals surface area contributed by atoms with Gasteiger partial charge in [0.1, 0.15) is 5.75 Å². The number of methoxy groups -OCH3 is 4. The molecule has 2 aromatic rings. The molecule has 0 saturated heterocycles. The summed E-state index contributed by atoms with van der Waals surface area (Å²) in [4.78, 5) is 11.1. The second kappa shape index (κ2) is 10.5. The fourth-order valence-electron chi connectivity index (χ4n) is 2.50. The van der Waals surface area contributed by atoms with E-state index in [1.807, 2.05) is 35.7 Å². The van der Waals surface area contributed by atoms with Crippen LogP contribution in [0.25, 0.3) is 6.08 Å². The molecule has 0 bridgehead atoms. The lowest BCUT2D eigenvalue weighted by molar-refractivity contribution is -0.132. The van der Waals surface area contributed by atoms with Gasteiger partial charge in [0.25, 0.3) is 0 Å². The van der Waals surface area contributed by atoms with Gasteiger partial charge >= 0.3 is 5.97 Å². The summed E-state index contributed by atoms with van der Waals surface area (Å²) < 4.78 is 26.5. The van der Waals surface area contributed by atoms with Crippen molar-refractivity contribution >= 4 is 23.8 Å². The molecule has 0 amide bonds. The number of hydrogen-bond donors (Lipinski definition) is 0. The van der Waals surface area contributed by atoms with E-state index in [1.54, 1.807) is 39.2 Å². The summed E-state index contributed by atoms with van der Waals surface area (Å²) in [5, 5.41) is 1.98. The first-order chi connectivity index (χ1) is 13.5. The highest BCUT2D eigenvalue weighted by atomic mass is 32.2. The number of ether oxygens (including phenoxy) is 5. The Labute approximate surface area is 169 Å². The number of carbonyl (C=O) groups excluding carboxylic acids is 1. The highest BCUT2D eigenvalue weighted by molar-refractivity contribution is 8.01. The zero-order valence-corrected chi connectivity index (χ0v) is 17.4. The molecule has 0 aliphatic rings. The zero-order chi connectivity index (χ0) is 20.5. The van der Waals surface area contributed by atoms with Crippen LogP contribution in [0, 0.1) is 0 Å². The predicted molar refractivity (Wildman–Crippen MR) is 111 cm³/mol. The Morgan fingerprint density at radius 3 is 2.07 bits per heavy atom. The van der Waals surface area contributed by atoms with E-state index in [4.69, 9.17) is 23.7 Å². The maximum atomic E-state index is 11.1. The SMILES string of the molecule is COc1cc(OC)c(OC)cc1CSC=Cc1ccc(OC(C)=O)c(OC)c1. The van der Waals surface area contributed by atoms with Gasteiger partial charge in [-0.25, -0.2) is 0 Å². The first kappa shape index (κ1) is 21.5. The molecule has 0 atom stereocenters. The van der Waals surface area contributed by atoms with Crippen molar-refractivity contribution in [1.29, 1.82) is 0 Å². The Morgan fingerprint density at radius 1 is 0.857 bits per heavy atom. The smallest absolute Gasteiger partial charge is 0.308 e. The van der Waals surface area contributed by atoms with Crippen molar-refractivity contribution < 1.29 is 28.5 Å². The number of hydrogen-bond acceptors (Lipinski definition) is 7. The molecular formula is C21H24O6S. The third-order valence-electron chi connectivity index (χ3n) is 3.82. The second-order valence-electron chi connectivity index (χ2n) is 5.64. The van der Waals surface area contributed by atoms with E-state index < -0.39 is 0 Å². The van der Waals surface area contributed by atoms with Gasteiger partial charge in [0.2, 0.25) is 0 Å². The number of esters is 1. The normalized spacial score (nSPS) is 10.6. The lowest BCUT2D eigenvalue weighted by Gasteiger charge is -2.13. The Kier molecular flexibility index (Phi) is 8.07.